The molecule has 1 radical (unpaired) electrons. The quantitative estimate of drug-likeness (QED) is 0.164. The summed E-state index contributed by atoms with van der Waals surface area (Å²) in [6.07, 6.45) is 3.58. The van der Waals surface area contributed by atoms with Gasteiger partial charge >= 0.3 is 0 Å². The van der Waals surface area contributed by atoms with E-state index in [9.17, 15) is 5.26 Å². The first-order valence-electron chi connectivity index (χ1n) is 16.2. The molecule has 1 aliphatic carbocycles. The molecule has 3 nitrogen and oxygen atoms in total. The number of pyridine rings is 2. The Morgan fingerprint density at radius 2 is 1.33 bits per heavy atom. The predicted molar refractivity (Wildman–Crippen MR) is 194 cm³/mol. The van der Waals surface area contributed by atoms with Gasteiger partial charge in [-0.2, -0.15) is 5.26 Å². The van der Waals surface area contributed by atoms with Crippen LogP contribution in [0.25, 0.3) is 44.4 Å². The molecule has 0 amide bonds. The summed E-state index contributed by atoms with van der Waals surface area (Å²) in [5.74, 6) is 0. The normalized spacial score (nSPS) is 13.0. The topological polar surface area (TPSA) is 49.6 Å². The number of benzene rings is 4. The number of aromatic nitrogens is 2. The molecule has 0 spiro atoms. The van der Waals surface area contributed by atoms with Crippen molar-refractivity contribution >= 4 is 10.8 Å². The van der Waals surface area contributed by atoms with E-state index in [1.165, 1.54) is 44.2 Å². The summed E-state index contributed by atoms with van der Waals surface area (Å²) >= 11 is 0. The van der Waals surface area contributed by atoms with Crippen molar-refractivity contribution in [3.63, 3.8) is 0 Å². The van der Waals surface area contributed by atoms with Crippen molar-refractivity contribution < 1.29 is 20.1 Å². The second kappa shape index (κ2) is 13.2. The molecule has 1 aliphatic rings. The van der Waals surface area contributed by atoms with Gasteiger partial charge in [0.15, 0.2) is 0 Å². The van der Waals surface area contributed by atoms with Crippen LogP contribution < -0.4 is 0 Å². The average Bonchev–Trinajstić information content (AvgIpc) is 3.30. The Hall–Kier alpha value is -4.42. The van der Waals surface area contributed by atoms with Crippen molar-refractivity contribution in [3.05, 3.63) is 143 Å². The summed E-state index contributed by atoms with van der Waals surface area (Å²) in [6.45, 7) is 17.9. The molecule has 4 aromatic carbocycles. The summed E-state index contributed by atoms with van der Waals surface area (Å²) in [5.41, 5.74) is 12.4. The van der Waals surface area contributed by atoms with Crippen LogP contribution in [0.2, 0.25) is 0 Å². The third kappa shape index (κ3) is 6.77. The Balaban J connectivity index is 0.000000193. The van der Waals surface area contributed by atoms with Crippen molar-refractivity contribution in [1.82, 2.24) is 9.97 Å². The van der Waals surface area contributed by atoms with Gasteiger partial charge in [0, 0.05) is 38.1 Å². The number of nitrogens with zero attached hydrogens (tertiary/aromatic N) is 3. The molecule has 48 heavy (non-hydrogen) atoms. The van der Waals surface area contributed by atoms with E-state index in [0.717, 1.165) is 22.5 Å². The van der Waals surface area contributed by atoms with E-state index in [4.69, 9.17) is 0 Å². The first-order chi connectivity index (χ1) is 22.3. The van der Waals surface area contributed by atoms with E-state index in [0.29, 0.717) is 5.56 Å². The van der Waals surface area contributed by atoms with Gasteiger partial charge in [0.2, 0.25) is 0 Å². The zero-order chi connectivity index (χ0) is 33.6. The molecule has 0 N–H and O–H groups in total. The molecular weight excluding hydrogens is 763 g/mol. The third-order valence-corrected chi connectivity index (χ3v) is 9.20. The summed E-state index contributed by atoms with van der Waals surface area (Å²) in [4.78, 5) is 8.96. The first-order valence-corrected chi connectivity index (χ1v) is 16.2. The maximum Gasteiger partial charge on any atom is 0.0984 e. The van der Waals surface area contributed by atoms with Gasteiger partial charge in [-0.05, 0) is 67.2 Å². The molecule has 0 aliphatic heterocycles. The van der Waals surface area contributed by atoms with Gasteiger partial charge in [-0.15, -0.1) is 64.7 Å². The summed E-state index contributed by atoms with van der Waals surface area (Å²) in [6, 6.07) is 40.3. The molecule has 4 heteroatoms. The zero-order valence-electron chi connectivity index (χ0n) is 29.0. The monoisotopic (exact) mass is 804 g/mol. The Kier molecular flexibility index (Phi) is 9.62. The van der Waals surface area contributed by atoms with Crippen molar-refractivity contribution in [2.75, 3.05) is 0 Å². The standard InChI is InChI=1S/C25H17N2.C19H24N.Ir/c1-25(2)22-10-8-18(23-13-16(15-26)11-12-27-23)14-21(22)20-9-7-17-5-3-4-6-19(17)24(20)25;1-18(2,3)15-9-7-8-14(12-15)17-13-16(10-11-20-17)19(4,5)6;/h3-7,9-14H,1-2H3;7,9-13H,1-6H3;/q2*-1;. The Morgan fingerprint density at radius 1 is 0.688 bits per heavy atom. The van der Waals surface area contributed by atoms with Gasteiger partial charge < -0.3 is 9.97 Å². The fraction of sp³-hybridized carbons (Fsp3) is 0.250. The third-order valence-electron chi connectivity index (χ3n) is 9.20. The molecule has 7 rings (SSSR count). The maximum atomic E-state index is 9.18. The largest absolute Gasteiger partial charge is 0.305 e. The molecule has 0 fully saturated rings. The minimum atomic E-state index is -0.0809. The van der Waals surface area contributed by atoms with E-state index < -0.39 is 0 Å². The molecule has 2 heterocycles. The molecule has 0 saturated carbocycles. The number of hydrogen-bond acceptors (Lipinski definition) is 3. The van der Waals surface area contributed by atoms with Crippen LogP contribution in [0.5, 0.6) is 0 Å². The van der Waals surface area contributed by atoms with Crippen molar-refractivity contribution in [2.45, 2.75) is 71.6 Å². The van der Waals surface area contributed by atoms with E-state index in [-0.39, 0.29) is 36.4 Å². The van der Waals surface area contributed by atoms with Crippen LogP contribution in [0, 0.1) is 23.5 Å². The van der Waals surface area contributed by atoms with E-state index in [1.54, 1.807) is 12.3 Å². The predicted octanol–water partition coefficient (Wildman–Crippen LogP) is 11.0. The van der Waals surface area contributed by atoms with Gasteiger partial charge in [0.1, 0.15) is 0 Å². The minimum Gasteiger partial charge on any atom is -0.305 e. The van der Waals surface area contributed by atoms with Crippen LogP contribution >= 0.6 is 0 Å². The van der Waals surface area contributed by atoms with Gasteiger partial charge in [-0.25, -0.2) is 0 Å². The van der Waals surface area contributed by atoms with Gasteiger partial charge in [0.05, 0.1) is 6.07 Å². The second-order valence-electron chi connectivity index (χ2n) is 15.0. The smallest absolute Gasteiger partial charge is 0.0984 e. The number of rotatable bonds is 2. The van der Waals surface area contributed by atoms with Crippen molar-refractivity contribution in [3.8, 4) is 39.7 Å². The molecule has 6 aromatic rings. The van der Waals surface area contributed by atoms with Crippen LogP contribution in [0.1, 0.15) is 83.2 Å². The first kappa shape index (κ1) is 34.9. The van der Waals surface area contributed by atoms with Crippen LogP contribution in [0.3, 0.4) is 0 Å². The molecule has 0 bridgehead atoms. The molecule has 243 valence electrons. The zero-order valence-corrected chi connectivity index (χ0v) is 31.4. The molecular formula is C44H41IrN3-2. The molecule has 0 atom stereocenters. The summed E-state index contributed by atoms with van der Waals surface area (Å²) in [5, 5.41) is 11.8. The fourth-order valence-electron chi connectivity index (χ4n) is 6.46. The van der Waals surface area contributed by atoms with Gasteiger partial charge in [-0.1, -0.05) is 109 Å². The van der Waals surface area contributed by atoms with Gasteiger partial charge in [0.25, 0.3) is 0 Å². The van der Waals surface area contributed by atoms with E-state index >= 15 is 0 Å². The van der Waals surface area contributed by atoms with Crippen molar-refractivity contribution in [1.29, 1.82) is 5.26 Å². The number of nitriles is 1. The Morgan fingerprint density at radius 3 is 2.04 bits per heavy atom. The van der Waals surface area contributed by atoms with Crippen molar-refractivity contribution in [2.24, 2.45) is 0 Å². The van der Waals surface area contributed by atoms with E-state index in [1.807, 2.05) is 18.3 Å². The second-order valence-corrected chi connectivity index (χ2v) is 15.0. The average molecular weight is 804 g/mol. The maximum absolute atomic E-state index is 9.18. The minimum absolute atomic E-state index is 0. The van der Waals surface area contributed by atoms with Crippen LogP contribution in [-0.4, -0.2) is 9.97 Å². The summed E-state index contributed by atoms with van der Waals surface area (Å²) < 4.78 is 0. The molecule has 0 unspecified atom stereocenters. The SMILES string of the molecule is CC(C)(C)c1cc[c-]c(-c2cc(C(C)(C)C)ccn2)c1.CC1(C)c2c[c-]c(-c3cc(C#N)ccn3)cc2-c2ccc3ccccc3c21.[Ir]. The number of hydrogen-bond donors (Lipinski definition) is 0. The van der Waals surface area contributed by atoms with Crippen LogP contribution in [-0.2, 0) is 36.4 Å². The van der Waals surface area contributed by atoms with E-state index in [2.05, 4.69) is 156 Å². The molecule has 0 saturated heterocycles. The van der Waals surface area contributed by atoms with Crippen LogP contribution in [0.15, 0.2) is 103 Å². The fourth-order valence-corrected chi connectivity index (χ4v) is 6.46. The Labute approximate surface area is 299 Å². The summed E-state index contributed by atoms with van der Waals surface area (Å²) in [7, 11) is 0. The van der Waals surface area contributed by atoms with Gasteiger partial charge in [-0.3, -0.25) is 0 Å². The Bertz CT molecular complexity index is 2100. The van der Waals surface area contributed by atoms with Crippen LogP contribution in [0.4, 0.5) is 0 Å². The number of fused-ring (bicyclic) bond motifs is 5. The molecule has 2 aromatic heterocycles.